The van der Waals surface area contributed by atoms with Crippen LogP contribution in [0.4, 0.5) is 34.1 Å². The van der Waals surface area contributed by atoms with E-state index in [0.29, 0.717) is 0 Å². The summed E-state index contributed by atoms with van der Waals surface area (Å²) in [4.78, 5) is 4.85. The molecule has 2 nitrogen and oxygen atoms in total. The van der Waals surface area contributed by atoms with Crippen LogP contribution in [0.2, 0.25) is 13.1 Å². The number of nitrogens with zero attached hydrogens (tertiary/aromatic N) is 2. The van der Waals surface area contributed by atoms with E-state index in [1.807, 2.05) is 0 Å². The summed E-state index contributed by atoms with van der Waals surface area (Å²) >= 11 is 0. The van der Waals surface area contributed by atoms with Crippen molar-refractivity contribution in [3.8, 4) is 11.1 Å². The highest BCUT2D eigenvalue weighted by Crippen LogP contribution is 2.48. The third kappa shape index (κ3) is 5.39. The van der Waals surface area contributed by atoms with E-state index >= 15 is 0 Å². The first-order valence-corrected chi connectivity index (χ1v) is 21.7. The van der Waals surface area contributed by atoms with Gasteiger partial charge in [0.25, 0.3) is 0 Å². The average Bonchev–Trinajstić information content (AvgIpc) is 3.79. The molecule has 1 aliphatic carbocycles. The third-order valence-electron chi connectivity index (χ3n) is 11.7. The Labute approximate surface area is 309 Å². The van der Waals surface area contributed by atoms with Gasteiger partial charge in [0.2, 0.25) is 0 Å². The number of fused-ring (bicyclic) bond motifs is 3. The normalized spacial score (nSPS) is 15.1. The van der Waals surface area contributed by atoms with Crippen molar-refractivity contribution in [3.05, 3.63) is 193 Å². The number of hydrogen-bond donors (Lipinski definition) is 0. The maximum atomic E-state index is 2.52. The molecular weight excluding hydrogens is 645 g/mol. The summed E-state index contributed by atoms with van der Waals surface area (Å²) in [6, 6.07) is 67.3. The second-order valence-corrected chi connectivity index (χ2v) is 19.2. The number of para-hydroxylation sites is 3. The molecule has 0 aromatic heterocycles. The Morgan fingerprint density at radius 1 is 0.404 bits per heavy atom. The molecule has 0 saturated heterocycles. The molecule has 0 atom stereocenters. The fraction of sp³-hybridized carbons (Fsp3) is 0.143. The fourth-order valence-corrected chi connectivity index (χ4v) is 12.6. The van der Waals surface area contributed by atoms with Gasteiger partial charge in [0.1, 0.15) is 8.07 Å². The van der Waals surface area contributed by atoms with Crippen molar-refractivity contribution in [1.29, 1.82) is 0 Å². The highest BCUT2D eigenvalue weighted by Gasteiger charge is 2.41. The van der Waals surface area contributed by atoms with Crippen molar-refractivity contribution in [2.75, 3.05) is 9.80 Å². The van der Waals surface area contributed by atoms with Gasteiger partial charge in [-0.25, -0.2) is 0 Å². The summed E-state index contributed by atoms with van der Waals surface area (Å²) < 4.78 is 0. The monoisotopic (exact) mass is 688 g/mol. The molecule has 9 rings (SSSR count). The van der Waals surface area contributed by atoms with E-state index in [4.69, 9.17) is 0 Å². The number of rotatable bonds is 8. The van der Waals surface area contributed by atoms with E-state index in [1.54, 1.807) is 0 Å². The maximum Gasteiger partial charge on any atom is 0.116 e. The number of hydrogen-bond acceptors (Lipinski definition) is 2. The van der Waals surface area contributed by atoms with Gasteiger partial charge in [-0.05, 0) is 112 Å². The van der Waals surface area contributed by atoms with Crippen LogP contribution in [0.15, 0.2) is 182 Å². The Bertz CT molecular complexity index is 2270. The quantitative estimate of drug-likeness (QED) is 0.147. The minimum atomic E-state index is -1.94. The van der Waals surface area contributed by atoms with Gasteiger partial charge in [-0.2, -0.15) is 0 Å². The van der Waals surface area contributed by atoms with Crippen LogP contribution in [-0.4, -0.2) is 8.07 Å². The molecule has 0 radical (unpaired) electrons. The lowest BCUT2D eigenvalue weighted by atomic mass is 9.73. The fourth-order valence-electron chi connectivity index (χ4n) is 9.19. The molecule has 0 N–H and O–H groups in total. The van der Waals surface area contributed by atoms with Gasteiger partial charge < -0.3 is 9.80 Å². The lowest BCUT2D eigenvalue weighted by Crippen LogP contribution is -2.50. The topological polar surface area (TPSA) is 6.48 Å². The van der Waals surface area contributed by atoms with Crippen LogP contribution in [0, 0.1) is 0 Å². The van der Waals surface area contributed by atoms with Gasteiger partial charge in [-0.3, -0.25) is 0 Å². The second-order valence-electron chi connectivity index (χ2n) is 14.9. The van der Waals surface area contributed by atoms with Gasteiger partial charge in [-0.15, -0.1) is 0 Å². The molecule has 1 aliphatic heterocycles. The Morgan fingerprint density at radius 2 is 0.827 bits per heavy atom. The standard InChI is InChI=1S/C49H44N2Si/c1-52(2)47-26-13-12-23-44(47)45-24-16-25-46(48(45)52)51(41-21-10-5-11-22-41)43-33-29-38(30-34-43)49(35-14-15-36-49)37-27-31-42(32-28-37)50(39-17-6-3-7-18-39)40-19-8-4-9-20-40/h3-13,16-34H,14-15,35-36H2,1-2H3. The molecule has 1 fully saturated rings. The van der Waals surface area contributed by atoms with Crippen LogP contribution >= 0.6 is 0 Å². The van der Waals surface area contributed by atoms with Crippen LogP contribution in [0.1, 0.15) is 36.8 Å². The molecular formula is C49H44N2Si. The Morgan fingerprint density at radius 3 is 1.37 bits per heavy atom. The van der Waals surface area contributed by atoms with Gasteiger partial charge in [-0.1, -0.05) is 141 Å². The largest absolute Gasteiger partial charge is 0.311 e. The Hall–Kier alpha value is -5.64. The summed E-state index contributed by atoms with van der Waals surface area (Å²) in [6.45, 7) is 5.03. The molecule has 7 aromatic rings. The van der Waals surface area contributed by atoms with E-state index in [1.165, 1.54) is 81.1 Å². The first kappa shape index (κ1) is 32.3. The summed E-state index contributed by atoms with van der Waals surface area (Å²) in [5.41, 5.74) is 12.8. The molecule has 52 heavy (non-hydrogen) atoms. The number of anilines is 6. The van der Waals surface area contributed by atoms with E-state index in [9.17, 15) is 0 Å². The molecule has 3 heteroatoms. The summed E-state index contributed by atoms with van der Waals surface area (Å²) in [5.74, 6) is 0. The molecule has 7 aromatic carbocycles. The molecule has 0 spiro atoms. The highest BCUT2D eigenvalue weighted by molar-refractivity contribution is 7.04. The molecule has 0 bridgehead atoms. The van der Waals surface area contributed by atoms with Crippen LogP contribution in [0.3, 0.4) is 0 Å². The molecule has 0 unspecified atom stereocenters. The molecule has 2 aliphatic rings. The van der Waals surface area contributed by atoms with Gasteiger partial charge in [0.15, 0.2) is 0 Å². The molecule has 0 amide bonds. The summed E-state index contributed by atoms with van der Waals surface area (Å²) in [6.07, 6.45) is 4.82. The van der Waals surface area contributed by atoms with Gasteiger partial charge in [0.05, 0.1) is 0 Å². The van der Waals surface area contributed by atoms with E-state index in [2.05, 4.69) is 205 Å². The minimum absolute atomic E-state index is 0.00348. The highest BCUT2D eigenvalue weighted by atomic mass is 28.3. The smallest absolute Gasteiger partial charge is 0.116 e. The number of benzene rings is 7. The zero-order valence-electron chi connectivity index (χ0n) is 30.0. The molecule has 1 heterocycles. The second kappa shape index (κ2) is 13.2. The predicted octanol–water partition coefficient (Wildman–Crippen LogP) is 12.3. The zero-order chi connectivity index (χ0) is 35.1. The summed E-state index contributed by atoms with van der Waals surface area (Å²) in [5, 5.41) is 3.06. The van der Waals surface area contributed by atoms with Crippen LogP contribution in [0.5, 0.6) is 0 Å². The van der Waals surface area contributed by atoms with E-state index in [0.717, 1.165) is 11.4 Å². The lowest BCUT2D eigenvalue weighted by molar-refractivity contribution is 0.535. The van der Waals surface area contributed by atoms with Crippen molar-refractivity contribution in [3.63, 3.8) is 0 Å². The summed E-state index contributed by atoms with van der Waals surface area (Å²) in [7, 11) is -1.94. The third-order valence-corrected chi connectivity index (χ3v) is 15.2. The van der Waals surface area contributed by atoms with Crippen molar-refractivity contribution in [1.82, 2.24) is 0 Å². The Kier molecular flexibility index (Phi) is 8.17. The maximum absolute atomic E-state index is 2.52. The molecule has 1 saturated carbocycles. The van der Waals surface area contributed by atoms with Gasteiger partial charge in [0, 0.05) is 39.5 Å². The molecule has 254 valence electrons. The van der Waals surface area contributed by atoms with Crippen LogP contribution in [-0.2, 0) is 5.41 Å². The first-order chi connectivity index (χ1) is 25.5. The Balaban J connectivity index is 1.10. The predicted molar refractivity (Wildman–Crippen MR) is 224 cm³/mol. The van der Waals surface area contributed by atoms with Crippen LogP contribution < -0.4 is 20.2 Å². The average molecular weight is 689 g/mol. The zero-order valence-corrected chi connectivity index (χ0v) is 31.0. The van der Waals surface area contributed by atoms with Crippen molar-refractivity contribution >= 4 is 52.6 Å². The van der Waals surface area contributed by atoms with Crippen molar-refractivity contribution < 1.29 is 0 Å². The van der Waals surface area contributed by atoms with Crippen LogP contribution in [0.25, 0.3) is 11.1 Å². The van der Waals surface area contributed by atoms with Gasteiger partial charge >= 0.3 is 0 Å². The van der Waals surface area contributed by atoms with E-state index in [-0.39, 0.29) is 5.41 Å². The SMILES string of the molecule is C[Si]1(C)c2ccccc2-c2cccc(N(c3ccccc3)c3ccc(C4(c5ccc(N(c6ccccc6)c6ccccc6)cc5)CCCC4)cc3)c21. The lowest BCUT2D eigenvalue weighted by Gasteiger charge is -2.34. The van der Waals surface area contributed by atoms with Crippen molar-refractivity contribution in [2.45, 2.75) is 44.2 Å². The minimum Gasteiger partial charge on any atom is -0.311 e. The van der Waals surface area contributed by atoms with E-state index < -0.39 is 8.07 Å². The first-order valence-electron chi connectivity index (χ1n) is 18.7. The van der Waals surface area contributed by atoms with Crippen molar-refractivity contribution in [2.24, 2.45) is 0 Å².